The van der Waals surface area contributed by atoms with E-state index < -0.39 is 0 Å². The van der Waals surface area contributed by atoms with Gasteiger partial charge in [-0.3, -0.25) is 0 Å². The zero-order chi connectivity index (χ0) is 13.7. The van der Waals surface area contributed by atoms with Crippen LogP contribution in [-0.2, 0) is 0 Å². The smallest absolute Gasteiger partial charge is 0.128 e. The first-order chi connectivity index (χ1) is 9.26. The molecule has 1 aliphatic rings. The minimum absolute atomic E-state index is 0.188. The molecule has 2 rings (SSSR count). The van der Waals surface area contributed by atoms with E-state index in [0.29, 0.717) is 18.6 Å². The Balaban J connectivity index is 2.06. The SMILES string of the molecule is CCNC(C)c1ccc(N(CCO)C2CCC2)nc1. The molecule has 0 spiro atoms. The average Bonchev–Trinajstić information content (AvgIpc) is 2.37. The summed E-state index contributed by atoms with van der Waals surface area (Å²) in [5, 5.41) is 12.6. The van der Waals surface area contributed by atoms with Crippen LogP contribution in [0.2, 0.25) is 0 Å². The minimum Gasteiger partial charge on any atom is -0.395 e. The first-order valence-corrected chi connectivity index (χ1v) is 7.33. The van der Waals surface area contributed by atoms with Gasteiger partial charge in [0.2, 0.25) is 0 Å². The number of aliphatic hydroxyl groups excluding tert-OH is 1. The largest absolute Gasteiger partial charge is 0.395 e. The van der Waals surface area contributed by atoms with E-state index in [9.17, 15) is 5.11 Å². The third-order valence-electron chi connectivity index (χ3n) is 3.93. The molecule has 106 valence electrons. The first-order valence-electron chi connectivity index (χ1n) is 7.33. The normalized spacial score (nSPS) is 17.0. The number of pyridine rings is 1. The molecular weight excluding hydrogens is 238 g/mol. The molecule has 0 saturated heterocycles. The summed E-state index contributed by atoms with van der Waals surface area (Å²) in [6.45, 7) is 6.09. The Morgan fingerprint density at radius 3 is 2.74 bits per heavy atom. The number of aromatic nitrogens is 1. The molecule has 1 saturated carbocycles. The quantitative estimate of drug-likeness (QED) is 0.791. The van der Waals surface area contributed by atoms with E-state index in [1.807, 2.05) is 6.20 Å². The fourth-order valence-corrected chi connectivity index (χ4v) is 2.54. The van der Waals surface area contributed by atoms with Crippen molar-refractivity contribution in [2.75, 3.05) is 24.6 Å². The summed E-state index contributed by atoms with van der Waals surface area (Å²) in [6, 6.07) is 5.12. The van der Waals surface area contributed by atoms with Crippen molar-refractivity contribution in [3.8, 4) is 0 Å². The van der Waals surface area contributed by atoms with Gasteiger partial charge in [-0.15, -0.1) is 0 Å². The fraction of sp³-hybridized carbons (Fsp3) is 0.667. The summed E-state index contributed by atoms with van der Waals surface area (Å²) in [5.41, 5.74) is 1.21. The number of hydrogen-bond acceptors (Lipinski definition) is 4. The summed E-state index contributed by atoms with van der Waals surface area (Å²) in [4.78, 5) is 6.82. The Kier molecular flexibility index (Phi) is 5.16. The van der Waals surface area contributed by atoms with Crippen molar-refractivity contribution in [1.29, 1.82) is 0 Å². The second kappa shape index (κ2) is 6.87. The van der Waals surface area contributed by atoms with Gasteiger partial charge in [0, 0.05) is 24.8 Å². The van der Waals surface area contributed by atoms with Crippen LogP contribution in [0.15, 0.2) is 18.3 Å². The molecule has 1 aliphatic carbocycles. The van der Waals surface area contributed by atoms with Crippen LogP contribution in [0.25, 0.3) is 0 Å². The first kappa shape index (κ1) is 14.3. The van der Waals surface area contributed by atoms with Gasteiger partial charge in [-0.25, -0.2) is 4.98 Å². The van der Waals surface area contributed by atoms with Crippen molar-refractivity contribution in [2.45, 2.75) is 45.2 Å². The summed E-state index contributed by atoms with van der Waals surface area (Å²) in [6.07, 6.45) is 5.68. The zero-order valence-corrected chi connectivity index (χ0v) is 12.0. The van der Waals surface area contributed by atoms with Gasteiger partial charge in [0.05, 0.1) is 6.61 Å². The zero-order valence-electron chi connectivity index (χ0n) is 12.0. The number of hydrogen-bond donors (Lipinski definition) is 2. The van der Waals surface area contributed by atoms with Crippen molar-refractivity contribution in [2.24, 2.45) is 0 Å². The molecule has 1 heterocycles. The molecule has 1 fully saturated rings. The number of nitrogens with one attached hydrogen (secondary N) is 1. The maximum atomic E-state index is 9.20. The maximum Gasteiger partial charge on any atom is 0.128 e. The lowest BCUT2D eigenvalue weighted by molar-refractivity contribution is 0.283. The van der Waals surface area contributed by atoms with E-state index >= 15 is 0 Å². The predicted molar refractivity (Wildman–Crippen MR) is 78.4 cm³/mol. The molecule has 0 radical (unpaired) electrons. The Bertz CT molecular complexity index is 375. The Morgan fingerprint density at radius 2 is 2.26 bits per heavy atom. The highest BCUT2D eigenvalue weighted by atomic mass is 16.3. The molecule has 4 heteroatoms. The van der Waals surface area contributed by atoms with Crippen molar-refractivity contribution in [3.05, 3.63) is 23.9 Å². The number of nitrogens with zero attached hydrogens (tertiary/aromatic N) is 2. The Labute approximate surface area is 115 Å². The second-order valence-corrected chi connectivity index (χ2v) is 5.23. The van der Waals surface area contributed by atoms with Crippen molar-refractivity contribution in [3.63, 3.8) is 0 Å². The molecule has 1 aromatic rings. The molecule has 19 heavy (non-hydrogen) atoms. The van der Waals surface area contributed by atoms with E-state index in [-0.39, 0.29) is 6.61 Å². The fourth-order valence-electron chi connectivity index (χ4n) is 2.54. The van der Waals surface area contributed by atoms with Crippen LogP contribution >= 0.6 is 0 Å². The van der Waals surface area contributed by atoms with Crippen LogP contribution in [0, 0.1) is 0 Å². The maximum absolute atomic E-state index is 9.20. The topological polar surface area (TPSA) is 48.4 Å². The van der Waals surface area contributed by atoms with Gasteiger partial charge in [0.25, 0.3) is 0 Å². The van der Waals surface area contributed by atoms with Gasteiger partial charge < -0.3 is 15.3 Å². The molecule has 0 amide bonds. The molecule has 2 N–H and O–H groups in total. The second-order valence-electron chi connectivity index (χ2n) is 5.23. The highest BCUT2D eigenvalue weighted by molar-refractivity contribution is 5.41. The molecule has 1 atom stereocenters. The Hall–Kier alpha value is -1.13. The van der Waals surface area contributed by atoms with Crippen molar-refractivity contribution >= 4 is 5.82 Å². The van der Waals surface area contributed by atoms with Gasteiger partial charge in [-0.05, 0) is 44.4 Å². The van der Waals surface area contributed by atoms with E-state index in [2.05, 4.69) is 41.2 Å². The molecule has 0 bridgehead atoms. The van der Waals surface area contributed by atoms with E-state index in [4.69, 9.17) is 0 Å². The van der Waals surface area contributed by atoms with E-state index in [1.54, 1.807) is 0 Å². The highest BCUT2D eigenvalue weighted by Crippen LogP contribution is 2.28. The third kappa shape index (κ3) is 3.45. The molecule has 0 aromatic carbocycles. The van der Waals surface area contributed by atoms with Crippen LogP contribution in [0.5, 0.6) is 0 Å². The van der Waals surface area contributed by atoms with Crippen LogP contribution in [0.4, 0.5) is 5.82 Å². The molecule has 4 nitrogen and oxygen atoms in total. The predicted octanol–water partition coefficient (Wildman–Crippen LogP) is 2.10. The number of rotatable bonds is 7. The van der Waals surface area contributed by atoms with Crippen LogP contribution in [-0.4, -0.2) is 35.8 Å². The monoisotopic (exact) mass is 263 g/mol. The summed E-state index contributed by atoms with van der Waals surface area (Å²) >= 11 is 0. The summed E-state index contributed by atoms with van der Waals surface area (Å²) in [7, 11) is 0. The lowest BCUT2D eigenvalue weighted by Gasteiger charge is -2.38. The molecular formula is C15H25N3O. The average molecular weight is 263 g/mol. The van der Waals surface area contributed by atoms with Crippen LogP contribution < -0.4 is 10.2 Å². The minimum atomic E-state index is 0.188. The number of anilines is 1. The standard InChI is InChI=1S/C15H25N3O/c1-3-16-12(2)13-7-8-15(17-11-13)18(9-10-19)14-5-4-6-14/h7-8,11-12,14,16,19H,3-6,9-10H2,1-2H3. The molecule has 1 unspecified atom stereocenters. The summed E-state index contributed by atoms with van der Waals surface area (Å²) < 4.78 is 0. The van der Waals surface area contributed by atoms with Gasteiger partial charge in [0.1, 0.15) is 5.82 Å². The number of aliphatic hydroxyl groups is 1. The lowest BCUT2D eigenvalue weighted by atomic mass is 9.91. The molecule has 1 aromatic heterocycles. The van der Waals surface area contributed by atoms with Gasteiger partial charge in [-0.2, -0.15) is 0 Å². The van der Waals surface area contributed by atoms with Gasteiger partial charge in [-0.1, -0.05) is 13.0 Å². The van der Waals surface area contributed by atoms with Crippen molar-refractivity contribution in [1.82, 2.24) is 10.3 Å². The van der Waals surface area contributed by atoms with E-state index in [0.717, 1.165) is 12.4 Å². The highest BCUT2D eigenvalue weighted by Gasteiger charge is 2.25. The van der Waals surface area contributed by atoms with E-state index in [1.165, 1.54) is 24.8 Å². The van der Waals surface area contributed by atoms with Crippen molar-refractivity contribution < 1.29 is 5.11 Å². The Morgan fingerprint density at radius 1 is 1.47 bits per heavy atom. The van der Waals surface area contributed by atoms with Crippen LogP contribution in [0.1, 0.15) is 44.7 Å². The third-order valence-corrected chi connectivity index (χ3v) is 3.93. The summed E-state index contributed by atoms with van der Waals surface area (Å²) in [5.74, 6) is 0.992. The van der Waals surface area contributed by atoms with Gasteiger partial charge in [0.15, 0.2) is 0 Å². The lowest BCUT2D eigenvalue weighted by Crippen LogP contribution is -2.42. The van der Waals surface area contributed by atoms with Crippen LogP contribution in [0.3, 0.4) is 0 Å². The van der Waals surface area contributed by atoms with Gasteiger partial charge >= 0.3 is 0 Å². The molecule has 0 aliphatic heterocycles.